The van der Waals surface area contributed by atoms with Gasteiger partial charge in [0.2, 0.25) is 5.91 Å². The lowest BCUT2D eigenvalue weighted by Gasteiger charge is -2.11. The lowest BCUT2D eigenvalue weighted by atomic mass is 10.1. The molecule has 7 nitrogen and oxygen atoms in total. The average molecular weight is 556 g/mol. The third-order valence-corrected chi connectivity index (χ3v) is 6.68. The van der Waals surface area contributed by atoms with Gasteiger partial charge < -0.3 is 5.32 Å². The molecular formula is C28H26F3N4O3S+. The quantitative estimate of drug-likeness (QED) is 0.166. The zero-order valence-corrected chi connectivity index (χ0v) is 21.8. The average Bonchev–Trinajstić information content (AvgIpc) is 3.43. The molecule has 0 unspecified atom stereocenters. The van der Waals surface area contributed by atoms with Crippen molar-refractivity contribution in [3.63, 3.8) is 0 Å². The van der Waals surface area contributed by atoms with E-state index in [9.17, 15) is 22.8 Å². The van der Waals surface area contributed by atoms with Gasteiger partial charge in [0, 0.05) is 12.0 Å². The van der Waals surface area contributed by atoms with Crippen LogP contribution >= 0.6 is 11.9 Å². The fourth-order valence-corrected chi connectivity index (χ4v) is 4.34. The van der Waals surface area contributed by atoms with Crippen LogP contribution in [0.25, 0.3) is 22.8 Å². The van der Waals surface area contributed by atoms with Crippen molar-refractivity contribution in [3.05, 3.63) is 83.9 Å². The van der Waals surface area contributed by atoms with Crippen molar-refractivity contribution in [1.29, 1.82) is 0 Å². The number of amides is 2. The molecule has 0 aliphatic rings. The molecule has 0 saturated carbocycles. The van der Waals surface area contributed by atoms with Gasteiger partial charge in [-0.2, -0.15) is 18.2 Å². The van der Waals surface area contributed by atoms with E-state index in [2.05, 4.69) is 27.1 Å². The molecule has 1 aromatic heterocycles. The van der Waals surface area contributed by atoms with Gasteiger partial charge in [-0.15, -0.1) is 0 Å². The van der Waals surface area contributed by atoms with Gasteiger partial charge in [-0.05, 0) is 79.0 Å². The molecule has 2 amide bonds. The number of halogens is 3. The Hall–Kier alpha value is -4.12. The smallest absolute Gasteiger partial charge is 0.321 e. The van der Waals surface area contributed by atoms with Crippen LogP contribution in [0.15, 0.2) is 82.2 Å². The van der Waals surface area contributed by atoms with Crippen molar-refractivity contribution in [3.8, 4) is 22.8 Å². The predicted octanol–water partition coefficient (Wildman–Crippen LogP) is 6.80. The van der Waals surface area contributed by atoms with Crippen LogP contribution < -0.4 is 15.0 Å². The Bertz CT molecular complexity index is 1420. The summed E-state index contributed by atoms with van der Waals surface area (Å²) in [5.41, 5.74) is 1.23. The Morgan fingerprint density at radius 1 is 0.949 bits per heavy atom. The van der Waals surface area contributed by atoms with Crippen LogP contribution in [0.3, 0.4) is 0 Å². The van der Waals surface area contributed by atoms with Gasteiger partial charge in [-0.1, -0.05) is 31.9 Å². The van der Waals surface area contributed by atoms with Crippen LogP contribution in [-0.4, -0.2) is 17.0 Å². The molecule has 4 aromatic rings. The van der Waals surface area contributed by atoms with Crippen LogP contribution in [0, 0.1) is 0 Å². The van der Waals surface area contributed by atoms with Crippen molar-refractivity contribution in [2.45, 2.75) is 43.7 Å². The molecule has 202 valence electrons. The van der Waals surface area contributed by atoms with Crippen molar-refractivity contribution < 1.29 is 32.3 Å². The highest BCUT2D eigenvalue weighted by Gasteiger charge is 2.30. The number of hydrogen-bond donors (Lipinski definition) is 2. The number of rotatable bonds is 10. The highest BCUT2D eigenvalue weighted by Crippen LogP contribution is 2.30. The maximum atomic E-state index is 12.9. The monoisotopic (exact) mass is 555 g/mol. The molecule has 11 heteroatoms. The Morgan fingerprint density at radius 2 is 1.64 bits per heavy atom. The number of H-pyrrole nitrogens is 1. The number of anilines is 1. The first-order chi connectivity index (χ1) is 18.7. The number of nitrogens with one attached hydrogen (secondary N) is 3. The van der Waals surface area contributed by atoms with Crippen molar-refractivity contribution >= 4 is 29.4 Å². The molecule has 0 radical (unpaired) electrons. The molecule has 0 aliphatic carbocycles. The lowest BCUT2D eigenvalue weighted by Crippen LogP contribution is -2.16. The minimum Gasteiger partial charge on any atom is -0.321 e. The van der Waals surface area contributed by atoms with Gasteiger partial charge in [0.05, 0.1) is 27.3 Å². The standard InChI is InChI=1S/C28H25F3N4O3S/c1-2-3-4-9-24(36)35-39-23-8-6-5-7-22(23)32-26(37)19-10-12-20(13-11-19)27-33-25(34-38-27)18-14-16-21(17-15-18)28(29,30)31/h5-8,10-17H,2-4,9H2,1H3,(H,32,37)(H,35,36)/p+1. The molecule has 0 saturated heterocycles. The second-order valence-corrected chi connectivity index (χ2v) is 9.52. The van der Waals surface area contributed by atoms with Crippen LogP contribution in [0.1, 0.15) is 48.5 Å². The summed E-state index contributed by atoms with van der Waals surface area (Å²) in [7, 11) is 0. The molecule has 0 spiro atoms. The SMILES string of the molecule is CCCCCC(=O)NSc1ccccc1NC(=O)c1ccc(-c2[nH+]c(-c3ccc(C(F)(F)F)cc3)no2)cc1. The Labute approximate surface area is 227 Å². The molecule has 0 fully saturated rings. The largest absolute Gasteiger partial charge is 0.416 e. The Morgan fingerprint density at radius 3 is 2.33 bits per heavy atom. The summed E-state index contributed by atoms with van der Waals surface area (Å²) in [5, 5.41) is 6.77. The number of alkyl halides is 3. The second kappa shape index (κ2) is 12.6. The van der Waals surface area contributed by atoms with E-state index in [1.165, 1.54) is 12.1 Å². The van der Waals surface area contributed by atoms with Gasteiger partial charge >= 0.3 is 17.9 Å². The summed E-state index contributed by atoms with van der Waals surface area (Å²) < 4.78 is 46.6. The Balaban J connectivity index is 1.39. The van der Waals surface area contributed by atoms with Gasteiger partial charge in [0.1, 0.15) is 0 Å². The fourth-order valence-electron chi connectivity index (χ4n) is 3.64. The first kappa shape index (κ1) is 27.9. The summed E-state index contributed by atoms with van der Waals surface area (Å²) in [6.45, 7) is 2.08. The molecular weight excluding hydrogens is 529 g/mol. The molecule has 39 heavy (non-hydrogen) atoms. The molecule has 0 bridgehead atoms. The predicted molar refractivity (Wildman–Crippen MR) is 141 cm³/mol. The number of para-hydroxylation sites is 1. The highest BCUT2D eigenvalue weighted by atomic mass is 32.2. The van der Waals surface area contributed by atoms with E-state index in [0.29, 0.717) is 33.7 Å². The van der Waals surface area contributed by atoms with E-state index in [4.69, 9.17) is 4.52 Å². The first-order valence-electron chi connectivity index (χ1n) is 12.3. The van der Waals surface area contributed by atoms with Crippen molar-refractivity contribution in [2.75, 3.05) is 5.32 Å². The molecule has 0 atom stereocenters. The molecule has 3 N–H and O–H groups in total. The van der Waals surface area contributed by atoms with Gasteiger partial charge in [-0.25, -0.2) is 4.52 Å². The first-order valence-corrected chi connectivity index (χ1v) is 13.1. The minimum absolute atomic E-state index is 0.0594. The number of carbonyl (C=O) groups is 2. The Kier molecular flexibility index (Phi) is 9.03. The highest BCUT2D eigenvalue weighted by molar-refractivity contribution is 7.98. The third-order valence-electron chi connectivity index (χ3n) is 5.77. The zero-order valence-electron chi connectivity index (χ0n) is 21.0. The maximum Gasteiger partial charge on any atom is 0.416 e. The maximum absolute atomic E-state index is 12.9. The van der Waals surface area contributed by atoms with Gasteiger partial charge in [-0.3, -0.25) is 14.3 Å². The molecule has 1 heterocycles. The fraction of sp³-hybridized carbons (Fsp3) is 0.214. The summed E-state index contributed by atoms with van der Waals surface area (Å²) in [6, 6.07) is 18.3. The summed E-state index contributed by atoms with van der Waals surface area (Å²) in [6.07, 6.45) is -1.10. The van der Waals surface area contributed by atoms with Gasteiger partial charge in [0.25, 0.3) is 5.91 Å². The summed E-state index contributed by atoms with van der Waals surface area (Å²) >= 11 is 1.16. The molecule has 3 aromatic carbocycles. The second-order valence-electron chi connectivity index (χ2n) is 8.67. The number of aromatic amines is 1. The van der Waals surface area contributed by atoms with E-state index >= 15 is 0 Å². The van der Waals surface area contributed by atoms with E-state index in [1.54, 1.807) is 36.4 Å². The van der Waals surface area contributed by atoms with E-state index in [0.717, 1.165) is 43.3 Å². The van der Waals surface area contributed by atoms with Crippen LogP contribution in [-0.2, 0) is 11.0 Å². The molecule has 4 rings (SSSR count). The number of unbranched alkanes of at least 4 members (excludes halogenated alkanes) is 2. The molecule has 0 aliphatic heterocycles. The number of benzene rings is 3. The van der Waals surface area contributed by atoms with E-state index < -0.39 is 11.7 Å². The topological polar surface area (TPSA) is 98.4 Å². The number of carbonyl (C=O) groups excluding carboxylic acids is 2. The summed E-state index contributed by atoms with van der Waals surface area (Å²) in [5.74, 6) is 0.159. The van der Waals surface area contributed by atoms with Crippen molar-refractivity contribution in [2.24, 2.45) is 0 Å². The normalized spacial score (nSPS) is 11.3. The van der Waals surface area contributed by atoms with Crippen molar-refractivity contribution in [1.82, 2.24) is 9.88 Å². The van der Waals surface area contributed by atoms with Crippen LogP contribution in [0.5, 0.6) is 0 Å². The van der Waals surface area contributed by atoms with Crippen LogP contribution in [0.2, 0.25) is 0 Å². The number of aromatic nitrogens is 2. The lowest BCUT2D eigenvalue weighted by molar-refractivity contribution is -0.356. The van der Waals surface area contributed by atoms with Crippen LogP contribution in [0.4, 0.5) is 18.9 Å². The number of nitrogens with zero attached hydrogens (tertiary/aromatic N) is 1. The third kappa shape index (κ3) is 7.47. The van der Waals surface area contributed by atoms with Gasteiger partial charge in [0.15, 0.2) is 5.16 Å². The van der Waals surface area contributed by atoms with E-state index in [-0.39, 0.29) is 23.5 Å². The number of hydrogen-bond acceptors (Lipinski definition) is 5. The summed E-state index contributed by atoms with van der Waals surface area (Å²) in [4.78, 5) is 28.6. The zero-order chi connectivity index (χ0) is 27.8. The minimum atomic E-state index is -4.42. The van der Waals surface area contributed by atoms with E-state index in [1.807, 2.05) is 12.1 Å².